The predicted octanol–water partition coefficient (Wildman–Crippen LogP) is 3.81. The Kier molecular flexibility index (Phi) is 6.87. The van der Waals surface area contributed by atoms with E-state index in [0.29, 0.717) is 28.9 Å². The minimum absolute atomic E-state index is 0.0477. The molecule has 0 spiro atoms. The summed E-state index contributed by atoms with van der Waals surface area (Å²) in [6.45, 7) is 1.93. The van der Waals surface area contributed by atoms with Crippen molar-refractivity contribution in [3.63, 3.8) is 0 Å². The zero-order valence-electron chi connectivity index (χ0n) is 17.2. The highest BCUT2D eigenvalue weighted by Gasteiger charge is 2.30. The van der Waals surface area contributed by atoms with Crippen LogP contribution in [0, 0.1) is 5.82 Å². The van der Waals surface area contributed by atoms with Gasteiger partial charge in [0.25, 0.3) is 5.91 Å². The van der Waals surface area contributed by atoms with Gasteiger partial charge in [0.05, 0.1) is 7.11 Å². The molecule has 1 amide bonds. The molecule has 5 nitrogen and oxygen atoms in total. The fourth-order valence-corrected chi connectivity index (χ4v) is 3.87. The van der Waals surface area contributed by atoms with E-state index in [2.05, 4.69) is 5.32 Å². The molecule has 3 atom stereocenters. The highest BCUT2D eigenvalue weighted by molar-refractivity contribution is 5.94. The minimum atomic E-state index is -0.495. The smallest absolute Gasteiger partial charge is 0.253 e. The summed E-state index contributed by atoms with van der Waals surface area (Å²) in [4.78, 5) is 14.7. The number of carbonyl (C=O) groups is 1. The minimum Gasteiger partial charge on any atom is -0.497 e. The summed E-state index contributed by atoms with van der Waals surface area (Å²) < 4.78 is 19.3. The first-order chi connectivity index (χ1) is 13.9. The van der Waals surface area contributed by atoms with Crippen molar-refractivity contribution in [1.82, 2.24) is 10.2 Å². The number of aliphatic hydroxyl groups excluding tert-OH is 1. The molecule has 6 heteroatoms. The van der Waals surface area contributed by atoms with E-state index < -0.39 is 6.23 Å². The molecular formula is C23H29FN2O3. The molecule has 0 radical (unpaired) electrons. The molecule has 156 valence electrons. The maximum Gasteiger partial charge on any atom is 0.253 e. The lowest BCUT2D eigenvalue weighted by molar-refractivity contribution is 0.0729. The molecule has 0 aliphatic heterocycles. The van der Waals surface area contributed by atoms with Crippen LogP contribution in [0.25, 0.3) is 11.1 Å². The van der Waals surface area contributed by atoms with Crippen LogP contribution in [0.5, 0.6) is 5.75 Å². The maximum atomic E-state index is 14.3. The van der Waals surface area contributed by atoms with Gasteiger partial charge in [-0.25, -0.2) is 4.39 Å². The number of hydrogen-bond donors (Lipinski definition) is 2. The van der Waals surface area contributed by atoms with Crippen LogP contribution >= 0.6 is 0 Å². The Morgan fingerprint density at radius 2 is 2.00 bits per heavy atom. The quantitative estimate of drug-likeness (QED) is 0.694. The van der Waals surface area contributed by atoms with E-state index in [-0.39, 0.29) is 23.8 Å². The zero-order chi connectivity index (χ0) is 21.0. The van der Waals surface area contributed by atoms with Crippen LogP contribution in [-0.4, -0.2) is 48.4 Å². The number of methoxy groups -OCH3 is 1. The molecule has 1 fully saturated rings. The van der Waals surface area contributed by atoms with Crippen LogP contribution in [0.3, 0.4) is 0 Å². The summed E-state index contributed by atoms with van der Waals surface area (Å²) in [5.74, 6) is 0.0586. The molecule has 29 heavy (non-hydrogen) atoms. The van der Waals surface area contributed by atoms with E-state index >= 15 is 0 Å². The lowest BCUT2D eigenvalue weighted by Gasteiger charge is -2.25. The van der Waals surface area contributed by atoms with Gasteiger partial charge in [-0.2, -0.15) is 0 Å². The van der Waals surface area contributed by atoms with Gasteiger partial charge < -0.3 is 14.7 Å². The molecule has 3 rings (SSSR count). The lowest BCUT2D eigenvalue weighted by Crippen LogP contribution is -2.39. The van der Waals surface area contributed by atoms with E-state index in [0.717, 1.165) is 19.3 Å². The topological polar surface area (TPSA) is 61.8 Å². The molecule has 1 unspecified atom stereocenters. The first-order valence-corrected chi connectivity index (χ1v) is 10.1. The number of hydrogen-bond acceptors (Lipinski definition) is 4. The van der Waals surface area contributed by atoms with Gasteiger partial charge in [-0.3, -0.25) is 10.1 Å². The van der Waals surface area contributed by atoms with E-state index in [1.165, 1.54) is 13.2 Å². The Hall–Kier alpha value is -2.44. The Bertz CT molecular complexity index is 841. The van der Waals surface area contributed by atoms with Crippen molar-refractivity contribution in [3.8, 4) is 16.9 Å². The number of ether oxygens (including phenoxy) is 1. The number of benzene rings is 2. The van der Waals surface area contributed by atoms with Crippen molar-refractivity contribution in [1.29, 1.82) is 0 Å². The summed E-state index contributed by atoms with van der Waals surface area (Å²) in [5, 5.41) is 13.0. The standard InChI is InChI=1S/C23H29FN2O3/c1-4-22(27)25-17-9-10-18(13-17)26(2)23(28)16-7-5-15(6-8-16)20-12-11-19(29-3)14-21(20)24/h5-8,11-12,14,17-18,22,25,27H,4,9-10,13H2,1-3H3/t17-,18+,22?/m0/s1. The summed E-state index contributed by atoms with van der Waals surface area (Å²) in [7, 11) is 3.32. The van der Waals surface area contributed by atoms with E-state index in [1.54, 1.807) is 41.3 Å². The van der Waals surface area contributed by atoms with Gasteiger partial charge in [-0.15, -0.1) is 0 Å². The van der Waals surface area contributed by atoms with Crippen molar-refractivity contribution < 1.29 is 19.0 Å². The van der Waals surface area contributed by atoms with Gasteiger partial charge in [-0.1, -0.05) is 19.1 Å². The number of carbonyl (C=O) groups excluding carboxylic acids is 1. The molecule has 0 heterocycles. The number of halogens is 1. The number of amides is 1. The largest absolute Gasteiger partial charge is 0.497 e. The van der Waals surface area contributed by atoms with Crippen molar-refractivity contribution >= 4 is 5.91 Å². The van der Waals surface area contributed by atoms with Gasteiger partial charge >= 0.3 is 0 Å². The highest BCUT2D eigenvalue weighted by atomic mass is 19.1. The average Bonchev–Trinajstić information content (AvgIpc) is 3.21. The van der Waals surface area contributed by atoms with Gasteiger partial charge in [-0.05, 0) is 55.5 Å². The summed E-state index contributed by atoms with van der Waals surface area (Å²) in [5.41, 5.74) is 1.76. The summed E-state index contributed by atoms with van der Waals surface area (Å²) >= 11 is 0. The maximum absolute atomic E-state index is 14.3. The molecule has 0 saturated heterocycles. The number of nitrogens with one attached hydrogen (secondary N) is 1. The van der Waals surface area contributed by atoms with Crippen LogP contribution in [0.4, 0.5) is 4.39 Å². The third kappa shape index (κ3) is 4.95. The second kappa shape index (κ2) is 9.37. The van der Waals surface area contributed by atoms with Gasteiger partial charge in [0.1, 0.15) is 17.8 Å². The van der Waals surface area contributed by atoms with Crippen LogP contribution in [0.15, 0.2) is 42.5 Å². The normalized spacial score (nSPS) is 19.8. The molecule has 0 bridgehead atoms. The second-order valence-electron chi connectivity index (χ2n) is 7.59. The average molecular weight is 400 g/mol. The first-order valence-electron chi connectivity index (χ1n) is 10.1. The molecule has 1 aliphatic rings. The fourth-order valence-electron chi connectivity index (χ4n) is 3.87. The molecule has 1 aliphatic carbocycles. The van der Waals surface area contributed by atoms with Crippen molar-refractivity contribution in [2.45, 2.75) is 50.9 Å². The lowest BCUT2D eigenvalue weighted by atomic mass is 10.0. The van der Waals surface area contributed by atoms with Crippen molar-refractivity contribution in [2.75, 3.05) is 14.2 Å². The molecular weight excluding hydrogens is 371 g/mol. The van der Waals surface area contributed by atoms with Gasteiger partial charge in [0.2, 0.25) is 0 Å². The monoisotopic (exact) mass is 400 g/mol. The zero-order valence-corrected chi connectivity index (χ0v) is 17.2. The Morgan fingerprint density at radius 3 is 2.62 bits per heavy atom. The first kappa shape index (κ1) is 21.3. The van der Waals surface area contributed by atoms with E-state index in [4.69, 9.17) is 4.74 Å². The Morgan fingerprint density at radius 1 is 1.28 bits per heavy atom. The Balaban J connectivity index is 1.66. The van der Waals surface area contributed by atoms with Crippen LogP contribution < -0.4 is 10.1 Å². The number of aliphatic hydroxyl groups is 1. The third-order valence-electron chi connectivity index (χ3n) is 5.71. The second-order valence-corrected chi connectivity index (χ2v) is 7.59. The molecule has 1 saturated carbocycles. The Labute approximate surface area is 171 Å². The number of nitrogens with zero attached hydrogens (tertiary/aromatic N) is 1. The summed E-state index contributed by atoms with van der Waals surface area (Å²) in [6, 6.07) is 12.1. The van der Waals surface area contributed by atoms with E-state index in [1.807, 2.05) is 14.0 Å². The van der Waals surface area contributed by atoms with Gasteiger partial charge in [0.15, 0.2) is 0 Å². The SMILES string of the molecule is CCC(O)N[C@H]1CC[C@@H](N(C)C(=O)c2ccc(-c3ccc(OC)cc3F)cc2)C1. The molecule has 2 aromatic carbocycles. The van der Waals surface area contributed by atoms with Crippen molar-refractivity contribution in [3.05, 3.63) is 53.8 Å². The predicted molar refractivity (Wildman–Crippen MR) is 111 cm³/mol. The van der Waals surface area contributed by atoms with Crippen LogP contribution in [0.1, 0.15) is 43.0 Å². The fraction of sp³-hybridized carbons (Fsp3) is 0.435. The van der Waals surface area contributed by atoms with Crippen molar-refractivity contribution in [2.24, 2.45) is 0 Å². The van der Waals surface area contributed by atoms with Gasteiger partial charge in [0, 0.05) is 36.3 Å². The summed E-state index contributed by atoms with van der Waals surface area (Å²) in [6.07, 6.45) is 2.84. The molecule has 2 aromatic rings. The van der Waals surface area contributed by atoms with E-state index in [9.17, 15) is 14.3 Å². The highest BCUT2D eigenvalue weighted by Crippen LogP contribution is 2.28. The van der Waals surface area contributed by atoms with Crippen LogP contribution in [0.2, 0.25) is 0 Å². The number of rotatable bonds is 7. The molecule has 2 N–H and O–H groups in total. The van der Waals surface area contributed by atoms with Crippen LogP contribution in [-0.2, 0) is 0 Å². The molecule has 0 aromatic heterocycles. The third-order valence-corrected chi connectivity index (χ3v) is 5.71.